The molecule has 1 unspecified atom stereocenters. The number of hydrogen-bond acceptors (Lipinski definition) is 5. The first kappa shape index (κ1) is 14.0. The van der Waals surface area contributed by atoms with Crippen LogP contribution in [-0.2, 0) is 4.74 Å². The van der Waals surface area contributed by atoms with E-state index >= 15 is 0 Å². The zero-order chi connectivity index (χ0) is 13.9. The van der Waals surface area contributed by atoms with Gasteiger partial charge in [0.15, 0.2) is 0 Å². The Labute approximate surface area is 123 Å². The zero-order valence-corrected chi connectivity index (χ0v) is 12.7. The lowest BCUT2D eigenvalue weighted by atomic mass is 10.2. The van der Waals surface area contributed by atoms with E-state index in [1.54, 1.807) is 0 Å². The third-order valence-corrected chi connectivity index (χ3v) is 4.76. The molecule has 0 aliphatic carbocycles. The normalized spacial score (nSPS) is 24.2. The maximum atomic E-state index is 12.3. The predicted molar refractivity (Wildman–Crippen MR) is 78.2 cm³/mol. The molecular formula is C14H21N3O2S. The molecule has 20 heavy (non-hydrogen) atoms. The Kier molecular flexibility index (Phi) is 4.33. The highest BCUT2D eigenvalue weighted by Gasteiger charge is 2.26. The van der Waals surface area contributed by atoms with Crippen LogP contribution >= 0.6 is 11.3 Å². The van der Waals surface area contributed by atoms with Crippen LogP contribution in [0.1, 0.15) is 28.3 Å². The highest BCUT2D eigenvalue weighted by molar-refractivity contribution is 7.09. The SMILES string of the molecule is Cc1nc(C(=O)N2CCN(CC3CCCO3)CC2)cs1. The number of carbonyl (C=O) groups is 1. The largest absolute Gasteiger partial charge is 0.377 e. The van der Waals surface area contributed by atoms with Crippen molar-refractivity contribution in [2.75, 3.05) is 39.3 Å². The predicted octanol–water partition coefficient (Wildman–Crippen LogP) is 1.39. The van der Waals surface area contributed by atoms with Gasteiger partial charge in [-0.05, 0) is 19.8 Å². The van der Waals surface area contributed by atoms with Crippen LogP contribution < -0.4 is 0 Å². The molecule has 0 saturated carbocycles. The molecule has 2 aliphatic rings. The highest BCUT2D eigenvalue weighted by atomic mass is 32.1. The maximum absolute atomic E-state index is 12.3. The Morgan fingerprint density at radius 1 is 1.45 bits per heavy atom. The van der Waals surface area contributed by atoms with E-state index < -0.39 is 0 Å². The number of nitrogens with zero attached hydrogens (tertiary/aromatic N) is 3. The molecule has 5 nitrogen and oxygen atoms in total. The van der Waals surface area contributed by atoms with Gasteiger partial charge in [0.2, 0.25) is 0 Å². The average molecular weight is 295 g/mol. The Hall–Kier alpha value is -0.980. The van der Waals surface area contributed by atoms with Gasteiger partial charge in [-0.2, -0.15) is 0 Å². The van der Waals surface area contributed by atoms with Gasteiger partial charge in [0.25, 0.3) is 5.91 Å². The van der Waals surface area contributed by atoms with Gasteiger partial charge in [-0.15, -0.1) is 11.3 Å². The van der Waals surface area contributed by atoms with Crippen LogP contribution in [0.15, 0.2) is 5.38 Å². The van der Waals surface area contributed by atoms with Crippen LogP contribution in [0.2, 0.25) is 0 Å². The zero-order valence-electron chi connectivity index (χ0n) is 11.9. The number of rotatable bonds is 3. The molecule has 2 aliphatic heterocycles. The Morgan fingerprint density at radius 2 is 2.25 bits per heavy atom. The summed E-state index contributed by atoms with van der Waals surface area (Å²) < 4.78 is 5.67. The molecule has 1 aromatic heterocycles. The molecule has 3 rings (SSSR count). The van der Waals surface area contributed by atoms with Gasteiger partial charge in [0.05, 0.1) is 11.1 Å². The summed E-state index contributed by atoms with van der Waals surface area (Å²) >= 11 is 1.53. The van der Waals surface area contributed by atoms with E-state index in [4.69, 9.17) is 4.74 Å². The van der Waals surface area contributed by atoms with E-state index in [2.05, 4.69) is 9.88 Å². The molecule has 1 aromatic rings. The number of aromatic nitrogens is 1. The van der Waals surface area contributed by atoms with Crippen molar-refractivity contribution in [2.45, 2.75) is 25.9 Å². The smallest absolute Gasteiger partial charge is 0.273 e. The molecule has 0 aromatic carbocycles. The van der Waals surface area contributed by atoms with Gasteiger partial charge < -0.3 is 9.64 Å². The molecule has 3 heterocycles. The molecule has 110 valence electrons. The second-order valence-corrected chi connectivity index (χ2v) is 6.54. The first-order chi connectivity index (χ1) is 9.72. The van der Waals surface area contributed by atoms with Gasteiger partial charge in [0, 0.05) is 44.7 Å². The molecule has 1 amide bonds. The fourth-order valence-electron chi connectivity index (χ4n) is 2.83. The Balaban J connectivity index is 1.49. The molecule has 2 saturated heterocycles. The molecule has 0 spiro atoms. The molecule has 0 radical (unpaired) electrons. The van der Waals surface area contributed by atoms with Crippen LogP contribution in [0, 0.1) is 6.92 Å². The molecule has 2 fully saturated rings. The van der Waals surface area contributed by atoms with Crippen LogP contribution in [-0.4, -0.2) is 66.1 Å². The van der Waals surface area contributed by atoms with E-state index in [0.29, 0.717) is 11.8 Å². The van der Waals surface area contributed by atoms with E-state index in [0.717, 1.165) is 44.3 Å². The van der Waals surface area contributed by atoms with Crippen LogP contribution in [0.3, 0.4) is 0 Å². The van der Waals surface area contributed by atoms with Crippen LogP contribution in [0.4, 0.5) is 0 Å². The van der Waals surface area contributed by atoms with Crippen molar-refractivity contribution in [3.05, 3.63) is 16.1 Å². The van der Waals surface area contributed by atoms with E-state index in [-0.39, 0.29) is 5.91 Å². The van der Waals surface area contributed by atoms with Crippen molar-refractivity contribution in [2.24, 2.45) is 0 Å². The van der Waals surface area contributed by atoms with Gasteiger partial charge in [-0.3, -0.25) is 9.69 Å². The second kappa shape index (κ2) is 6.20. The van der Waals surface area contributed by atoms with Crippen molar-refractivity contribution in [3.63, 3.8) is 0 Å². The second-order valence-electron chi connectivity index (χ2n) is 5.48. The minimum absolute atomic E-state index is 0.0751. The third-order valence-electron chi connectivity index (χ3n) is 3.98. The summed E-state index contributed by atoms with van der Waals surface area (Å²) in [6, 6.07) is 0. The minimum Gasteiger partial charge on any atom is -0.377 e. The van der Waals surface area contributed by atoms with Crippen molar-refractivity contribution in [1.29, 1.82) is 0 Å². The van der Waals surface area contributed by atoms with Crippen molar-refractivity contribution in [1.82, 2.24) is 14.8 Å². The highest BCUT2D eigenvalue weighted by Crippen LogP contribution is 2.16. The quantitative estimate of drug-likeness (QED) is 0.845. The topological polar surface area (TPSA) is 45.7 Å². The summed E-state index contributed by atoms with van der Waals surface area (Å²) in [5.74, 6) is 0.0751. The summed E-state index contributed by atoms with van der Waals surface area (Å²) in [5.41, 5.74) is 0.597. The number of thiazole rings is 1. The molecule has 0 N–H and O–H groups in total. The monoisotopic (exact) mass is 295 g/mol. The van der Waals surface area contributed by atoms with E-state index in [1.165, 1.54) is 24.2 Å². The van der Waals surface area contributed by atoms with Gasteiger partial charge >= 0.3 is 0 Å². The van der Waals surface area contributed by atoms with Crippen molar-refractivity contribution >= 4 is 17.2 Å². The number of aryl methyl sites for hydroxylation is 1. The van der Waals surface area contributed by atoms with Crippen molar-refractivity contribution < 1.29 is 9.53 Å². The number of hydrogen-bond donors (Lipinski definition) is 0. The van der Waals surface area contributed by atoms with Gasteiger partial charge in [-0.25, -0.2) is 4.98 Å². The summed E-state index contributed by atoms with van der Waals surface area (Å²) in [5, 5.41) is 2.81. The first-order valence-electron chi connectivity index (χ1n) is 7.28. The molecule has 0 bridgehead atoms. The number of amides is 1. The minimum atomic E-state index is 0.0751. The van der Waals surface area contributed by atoms with Gasteiger partial charge in [-0.1, -0.05) is 0 Å². The molecule has 1 atom stereocenters. The van der Waals surface area contributed by atoms with Gasteiger partial charge in [0.1, 0.15) is 5.69 Å². The number of piperazine rings is 1. The Morgan fingerprint density at radius 3 is 2.85 bits per heavy atom. The standard InChI is InChI=1S/C14H21N3O2S/c1-11-15-13(10-20-11)14(18)17-6-4-16(5-7-17)9-12-3-2-8-19-12/h10,12H,2-9H2,1H3. The maximum Gasteiger partial charge on any atom is 0.273 e. The van der Waals surface area contributed by atoms with Crippen LogP contribution in [0.25, 0.3) is 0 Å². The third kappa shape index (κ3) is 3.19. The van der Waals surface area contributed by atoms with E-state index in [1.807, 2.05) is 17.2 Å². The molecule has 6 heteroatoms. The van der Waals surface area contributed by atoms with E-state index in [9.17, 15) is 4.79 Å². The number of carbonyl (C=O) groups excluding carboxylic acids is 1. The summed E-state index contributed by atoms with van der Waals surface area (Å²) in [6.45, 7) is 7.32. The number of ether oxygens (including phenoxy) is 1. The van der Waals surface area contributed by atoms with Crippen LogP contribution in [0.5, 0.6) is 0 Å². The summed E-state index contributed by atoms with van der Waals surface area (Å²) in [4.78, 5) is 20.9. The Bertz CT molecular complexity index is 463. The summed E-state index contributed by atoms with van der Waals surface area (Å²) in [7, 11) is 0. The lowest BCUT2D eigenvalue weighted by molar-refractivity contribution is 0.0430. The first-order valence-corrected chi connectivity index (χ1v) is 8.16. The fraction of sp³-hybridized carbons (Fsp3) is 0.714. The molecular weight excluding hydrogens is 274 g/mol. The summed E-state index contributed by atoms with van der Waals surface area (Å²) in [6.07, 6.45) is 2.77. The average Bonchev–Trinajstić information content (AvgIpc) is 3.10. The van der Waals surface area contributed by atoms with Crippen molar-refractivity contribution in [3.8, 4) is 0 Å². The lowest BCUT2D eigenvalue weighted by Gasteiger charge is -2.35. The lowest BCUT2D eigenvalue weighted by Crippen LogP contribution is -2.50. The fourth-order valence-corrected chi connectivity index (χ4v) is 3.42.